The van der Waals surface area contributed by atoms with Crippen molar-refractivity contribution in [1.29, 1.82) is 0 Å². The normalized spacial score (nSPS) is 13.9. The number of phenolic OH excluding ortho intramolecular Hbond substituents is 1. The molecule has 0 radical (unpaired) electrons. The maximum Gasteiger partial charge on any atom is 0.326 e. The van der Waals surface area contributed by atoms with Crippen molar-refractivity contribution >= 4 is 101 Å². The van der Waals surface area contributed by atoms with E-state index in [2.05, 4.69) is 10.6 Å². The molecular weight excluding hydrogens is 1140 g/mol. The lowest BCUT2D eigenvalue weighted by Crippen LogP contribution is -2.60. The van der Waals surface area contributed by atoms with Crippen LogP contribution in [0, 0.1) is 0 Å². The summed E-state index contributed by atoms with van der Waals surface area (Å²) in [4.78, 5) is 213. The van der Waals surface area contributed by atoms with Crippen molar-refractivity contribution in [2.75, 3.05) is 13.2 Å². The first kappa shape index (κ1) is 71.9. The molecule has 0 unspecified atom stereocenters. The fourth-order valence-corrected chi connectivity index (χ4v) is 7.05. The molecule has 0 saturated heterocycles. The van der Waals surface area contributed by atoms with Gasteiger partial charge in [0.25, 0.3) is 0 Å². The van der Waals surface area contributed by atoms with Gasteiger partial charge >= 0.3 is 47.8 Å². The molecule has 0 heterocycles. The molecule has 37 heteroatoms. The predicted octanol–water partition coefficient (Wildman–Crippen LogP) is -7.39. The topological polar surface area (TPSA) is 627 Å². The average Bonchev–Trinajstić information content (AvgIpc) is 3.46. The minimum atomic E-state index is -2.31. The second kappa shape index (κ2) is 36.3. The van der Waals surface area contributed by atoms with Gasteiger partial charge in [0.1, 0.15) is 60.1 Å². The summed E-state index contributed by atoms with van der Waals surface area (Å²) < 4.78 is 0. The molecule has 9 atom stereocenters. The van der Waals surface area contributed by atoms with Gasteiger partial charge in [0.15, 0.2) is 0 Å². The fraction of sp³-hybridized carbons (Fsp3) is 0.511. The van der Waals surface area contributed by atoms with E-state index >= 15 is 0 Å². The van der Waals surface area contributed by atoms with Crippen molar-refractivity contribution in [2.24, 2.45) is 5.73 Å². The number of hydrogen-bond donors (Lipinski definition) is 20. The van der Waals surface area contributed by atoms with Crippen molar-refractivity contribution in [3.63, 3.8) is 0 Å². The Bertz CT molecular complexity index is 2620. The summed E-state index contributed by atoms with van der Waals surface area (Å²) in [5, 5.41) is 112. The molecule has 0 spiro atoms. The lowest BCUT2D eigenvalue weighted by molar-refractivity contribution is -0.144. The number of aromatic hydroxyl groups is 1. The van der Waals surface area contributed by atoms with E-state index in [1.807, 2.05) is 37.2 Å². The van der Waals surface area contributed by atoms with E-state index in [0.29, 0.717) is 5.56 Å². The predicted molar refractivity (Wildman–Crippen MR) is 272 cm³/mol. The van der Waals surface area contributed by atoms with Crippen LogP contribution >= 0.6 is 0 Å². The highest BCUT2D eigenvalue weighted by molar-refractivity contribution is 6.00. The number of carbonyl (C=O) groups is 17. The molecule has 0 aromatic heterocycles. The summed E-state index contributed by atoms with van der Waals surface area (Å²) in [5.41, 5.74) is 5.86. The van der Waals surface area contributed by atoms with Crippen LogP contribution in [0.15, 0.2) is 24.3 Å². The Hall–Kier alpha value is -10.1. The molecule has 0 aliphatic carbocycles. The second-order valence-electron chi connectivity index (χ2n) is 18.1. The maximum atomic E-state index is 13.8. The molecular formula is C47H64N10O27. The molecule has 37 nitrogen and oxygen atoms in total. The van der Waals surface area contributed by atoms with Crippen LogP contribution in [0.25, 0.3) is 0 Å². The number of rotatable bonds is 41. The SMILES string of the molecule is N[C@@H](CO)C(=O)N[C@@H](Cc1ccc(O)cc1)C(=O)N[C@@H](CCC(=O)O)C(=O)N[C@@H](CC(=O)O)C(=O)N[C@@H](CCC(=O)O)C(=O)N[C@@H](CC(=O)O)C(=O)N[C@@H](CCC(=O)O)C(=O)NCC(=O)N[C@@H](CCC(=O)O)C(=O)N[C@@H](CCC(=O)O)C(=O)O. The highest BCUT2D eigenvalue weighted by Crippen LogP contribution is 2.13. The standard InChI is InChI=1S/C47H64N10O27/c48-22(19-58)39(75)55-28(15-20-1-3-21(59)4-2-20)44(80)52-25(7-12-34(65)66)42(78)57-30(17-38(73)74)46(82)53-26(8-13-35(67)68)43(79)56-29(16-37(71)72)45(81)51-23(5-10-32(61)62)40(76)49-18-31(60)50-24(6-11-33(63)64)41(77)54-27(47(83)84)9-14-36(69)70/h1-4,22-30,58-59H,5-19,48H2,(H,49,76)(H,50,60)(H,51,81)(H,52,80)(H,53,82)(H,54,77)(H,55,75)(H,56,79)(H,57,78)(H,61,62)(H,63,64)(H,65,66)(H,67,68)(H,69,70)(H,71,72)(H,73,74)(H,83,84)/t22-,23-,24-,25-,26-,27-,28-,29-,30-/m0/s1. The van der Waals surface area contributed by atoms with Crippen LogP contribution in [0.4, 0.5) is 0 Å². The third-order valence-electron chi connectivity index (χ3n) is 11.4. The average molecular weight is 1200 g/mol. The molecule has 84 heavy (non-hydrogen) atoms. The number of hydrogen-bond acceptors (Lipinski definition) is 20. The van der Waals surface area contributed by atoms with E-state index < -0.39 is 245 Å². The summed E-state index contributed by atoms with van der Waals surface area (Å²) in [7, 11) is 0. The highest BCUT2D eigenvalue weighted by Gasteiger charge is 2.36. The molecule has 0 aliphatic rings. The van der Waals surface area contributed by atoms with Crippen LogP contribution in [0.5, 0.6) is 5.75 Å². The second-order valence-corrected chi connectivity index (χ2v) is 18.1. The summed E-state index contributed by atoms with van der Waals surface area (Å²) in [6.07, 6.45) is -11.3. The maximum absolute atomic E-state index is 13.8. The number of nitrogens with one attached hydrogen (secondary N) is 9. The first-order valence-electron chi connectivity index (χ1n) is 24.8. The smallest absolute Gasteiger partial charge is 0.326 e. The Kier molecular flexibility index (Phi) is 31.1. The summed E-state index contributed by atoms with van der Waals surface area (Å²) >= 11 is 0. The van der Waals surface area contributed by atoms with E-state index in [0.717, 1.165) is 0 Å². The van der Waals surface area contributed by atoms with Crippen molar-refractivity contribution < 1.29 is 133 Å². The van der Waals surface area contributed by atoms with Gasteiger partial charge in [-0.15, -0.1) is 0 Å². The van der Waals surface area contributed by atoms with Crippen LogP contribution in [0.2, 0.25) is 0 Å². The Morgan fingerprint density at radius 2 is 0.667 bits per heavy atom. The number of nitrogens with two attached hydrogens (primary N) is 1. The summed E-state index contributed by atoms with van der Waals surface area (Å²) in [6.45, 7) is -2.03. The zero-order chi connectivity index (χ0) is 64.0. The summed E-state index contributed by atoms with van der Waals surface area (Å²) in [6, 6.07) is -12.5. The zero-order valence-corrected chi connectivity index (χ0v) is 44.1. The first-order chi connectivity index (χ1) is 39.2. The Balaban J connectivity index is 3.50. The van der Waals surface area contributed by atoms with E-state index in [1.165, 1.54) is 24.3 Å². The largest absolute Gasteiger partial charge is 0.508 e. The molecule has 0 aliphatic heterocycles. The zero-order valence-electron chi connectivity index (χ0n) is 44.1. The number of aliphatic carboxylic acids is 8. The third-order valence-corrected chi connectivity index (χ3v) is 11.4. The molecule has 464 valence electrons. The molecule has 0 fully saturated rings. The van der Waals surface area contributed by atoms with E-state index in [9.17, 15) is 122 Å². The molecule has 1 aromatic carbocycles. The number of benzene rings is 1. The molecule has 1 aromatic rings. The monoisotopic (exact) mass is 1200 g/mol. The highest BCUT2D eigenvalue weighted by atomic mass is 16.4. The third kappa shape index (κ3) is 28.9. The van der Waals surface area contributed by atoms with Gasteiger partial charge in [-0.3, -0.25) is 76.7 Å². The quantitative estimate of drug-likeness (QED) is 0.0290. The number of aliphatic hydroxyl groups excluding tert-OH is 1. The van der Waals surface area contributed by atoms with Gasteiger partial charge < -0.3 is 105 Å². The number of carboxylic acid groups (broad SMARTS) is 8. The van der Waals surface area contributed by atoms with Crippen LogP contribution in [0.3, 0.4) is 0 Å². The Morgan fingerprint density at radius 3 is 1.01 bits per heavy atom. The minimum Gasteiger partial charge on any atom is -0.508 e. The molecule has 1 rings (SSSR count). The van der Waals surface area contributed by atoms with Gasteiger partial charge in [0, 0.05) is 38.5 Å². The van der Waals surface area contributed by atoms with E-state index in [-0.39, 0.29) is 12.2 Å². The number of carbonyl (C=O) groups excluding carboxylic acids is 9. The van der Waals surface area contributed by atoms with Crippen molar-refractivity contribution in [2.45, 2.75) is 138 Å². The van der Waals surface area contributed by atoms with Gasteiger partial charge in [0.05, 0.1) is 26.0 Å². The minimum absolute atomic E-state index is 0.196. The van der Waals surface area contributed by atoms with Gasteiger partial charge in [-0.2, -0.15) is 0 Å². The number of phenols is 1. The Labute approximate surface area is 472 Å². The lowest BCUT2D eigenvalue weighted by Gasteiger charge is -2.27. The molecule has 0 bridgehead atoms. The number of carboxylic acids is 8. The van der Waals surface area contributed by atoms with Crippen LogP contribution in [-0.4, -0.2) is 220 Å². The Morgan fingerprint density at radius 1 is 0.369 bits per heavy atom. The van der Waals surface area contributed by atoms with Crippen molar-refractivity contribution in [1.82, 2.24) is 47.9 Å². The van der Waals surface area contributed by atoms with Gasteiger partial charge in [0.2, 0.25) is 53.2 Å². The van der Waals surface area contributed by atoms with E-state index in [1.54, 1.807) is 0 Å². The van der Waals surface area contributed by atoms with Crippen LogP contribution in [-0.2, 0) is 87.9 Å². The molecule has 9 amide bonds. The van der Waals surface area contributed by atoms with Crippen molar-refractivity contribution in [3.05, 3.63) is 29.8 Å². The van der Waals surface area contributed by atoms with Crippen LogP contribution in [0.1, 0.15) is 82.6 Å². The van der Waals surface area contributed by atoms with E-state index in [4.69, 9.17) is 15.9 Å². The lowest BCUT2D eigenvalue weighted by atomic mass is 10.0. The first-order valence-corrected chi connectivity index (χ1v) is 24.8. The van der Waals surface area contributed by atoms with Gasteiger partial charge in [-0.05, 0) is 49.8 Å². The van der Waals surface area contributed by atoms with Crippen molar-refractivity contribution in [3.8, 4) is 5.75 Å². The summed E-state index contributed by atoms with van der Waals surface area (Å²) in [5.74, 6) is -25.7. The molecule has 0 saturated carbocycles. The van der Waals surface area contributed by atoms with Gasteiger partial charge in [-0.25, -0.2) is 4.79 Å². The fourth-order valence-electron chi connectivity index (χ4n) is 7.05. The number of aliphatic hydroxyl groups is 1. The molecule has 21 N–H and O–H groups in total. The van der Waals surface area contributed by atoms with Crippen LogP contribution < -0.4 is 53.6 Å². The number of amides is 9. The van der Waals surface area contributed by atoms with Gasteiger partial charge in [-0.1, -0.05) is 12.1 Å².